The standard InChI is InChI=1S/C18H21N3O4S/c1-12-7-8-14(20-18(23)16-10-15(22)11-19-16)9-17(12)26(24,25)21-13-5-3-2-4-6-13/h2-9,15-16,19,21-22H,10-11H2,1H3,(H,20,23). The number of aliphatic hydroxyl groups excluding tert-OH is 1. The van der Waals surface area contributed by atoms with E-state index in [1.54, 1.807) is 49.4 Å². The van der Waals surface area contributed by atoms with Crippen molar-refractivity contribution in [3.05, 3.63) is 54.1 Å². The van der Waals surface area contributed by atoms with E-state index in [-0.39, 0.29) is 10.8 Å². The van der Waals surface area contributed by atoms with Crippen molar-refractivity contribution in [3.63, 3.8) is 0 Å². The van der Waals surface area contributed by atoms with Crippen LogP contribution in [0.5, 0.6) is 0 Å². The molecule has 7 nitrogen and oxygen atoms in total. The molecule has 0 spiro atoms. The minimum atomic E-state index is -3.79. The molecule has 26 heavy (non-hydrogen) atoms. The highest BCUT2D eigenvalue weighted by molar-refractivity contribution is 7.92. The van der Waals surface area contributed by atoms with Gasteiger partial charge in [-0.1, -0.05) is 24.3 Å². The number of amides is 1. The smallest absolute Gasteiger partial charge is 0.262 e. The summed E-state index contributed by atoms with van der Waals surface area (Å²) in [5, 5.41) is 15.1. The van der Waals surface area contributed by atoms with Crippen LogP contribution in [0.3, 0.4) is 0 Å². The number of nitrogens with one attached hydrogen (secondary N) is 3. The van der Waals surface area contributed by atoms with Crippen molar-refractivity contribution in [2.45, 2.75) is 30.4 Å². The van der Waals surface area contributed by atoms with Crippen LogP contribution in [0.4, 0.5) is 11.4 Å². The molecule has 4 N–H and O–H groups in total. The van der Waals surface area contributed by atoms with Crippen LogP contribution in [0.15, 0.2) is 53.4 Å². The van der Waals surface area contributed by atoms with Crippen molar-refractivity contribution in [1.82, 2.24) is 5.32 Å². The summed E-state index contributed by atoms with van der Waals surface area (Å²) in [5.41, 5.74) is 1.42. The molecule has 0 radical (unpaired) electrons. The van der Waals surface area contributed by atoms with Crippen molar-refractivity contribution in [3.8, 4) is 0 Å². The van der Waals surface area contributed by atoms with E-state index in [1.807, 2.05) is 0 Å². The van der Waals surface area contributed by atoms with E-state index in [1.165, 1.54) is 6.07 Å². The van der Waals surface area contributed by atoms with Crippen LogP contribution in [0.25, 0.3) is 0 Å². The second kappa shape index (κ2) is 7.45. The second-order valence-corrected chi connectivity index (χ2v) is 7.94. The first kappa shape index (κ1) is 18.4. The molecule has 0 aromatic heterocycles. The maximum atomic E-state index is 12.7. The number of hydrogen-bond acceptors (Lipinski definition) is 5. The van der Waals surface area contributed by atoms with Gasteiger partial charge in [0.1, 0.15) is 0 Å². The number of aliphatic hydroxyl groups is 1. The highest BCUT2D eigenvalue weighted by Gasteiger charge is 2.28. The summed E-state index contributed by atoms with van der Waals surface area (Å²) < 4.78 is 27.9. The zero-order chi connectivity index (χ0) is 18.7. The summed E-state index contributed by atoms with van der Waals surface area (Å²) in [4.78, 5) is 12.3. The Morgan fingerprint density at radius 3 is 2.54 bits per heavy atom. The molecule has 2 atom stereocenters. The summed E-state index contributed by atoms with van der Waals surface area (Å²) in [6, 6.07) is 12.8. The summed E-state index contributed by atoms with van der Waals surface area (Å²) >= 11 is 0. The molecule has 1 fully saturated rings. The first-order valence-corrected chi connectivity index (χ1v) is 9.74. The van der Waals surface area contributed by atoms with E-state index in [0.717, 1.165) is 0 Å². The van der Waals surface area contributed by atoms with E-state index in [0.29, 0.717) is 29.9 Å². The minimum Gasteiger partial charge on any atom is -0.392 e. The average molecular weight is 375 g/mol. The van der Waals surface area contributed by atoms with Gasteiger partial charge in [0.15, 0.2) is 0 Å². The molecule has 0 saturated carbocycles. The van der Waals surface area contributed by atoms with Crippen LogP contribution < -0.4 is 15.4 Å². The van der Waals surface area contributed by atoms with Crippen molar-refractivity contribution in [2.24, 2.45) is 0 Å². The van der Waals surface area contributed by atoms with Crippen LogP contribution >= 0.6 is 0 Å². The third-order valence-corrected chi connectivity index (χ3v) is 5.72. The van der Waals surface area contributed by atoms with Gasteiger partial charge in [-0.15, -0.1) is 0 Å². The Bertz CT molecular complexity index is 900. The van der Waals surface area contributed by atoms with Gasteiger partial charge in [-0.05, 0) is 43.2 Å². The number of hydrogen-bond donors (Lipinski definition) is 4. The topological polar surface area (TPSA) is 108 Å². The fourth-order valence-corrected chi connectivity index (χ4v) is 4.16. The number of rotatable bonds is 5. The molecule has 1 aliphatic rings. The molecule has 138 valence electrons. The molecule has 8 heteroatoms. The zero-order valence-electron chi connectivity index (χ0n) is 14.3. The molecule has 1 aliphatic heterocycles. The summed E-state index contributed by atoms with van der Waals surface area (Å²) in [6.45, 7) is 2.06. The number of carbonyl (C=O) groups excluding carboxylic acids is 1. The van der Waals surface area contributed by atoms with Crippen LogP contribution in [0.1, 0.15) is 12.0 Å². The fourth-order valence-electron chi connectivity index (χ4n) is 2.83. The van der Waals surface area contributed by atoms with Gasteiger partial charge in [-0.3, -0.25) is 9.52 Å². The van der Waals surface area contributed by atoms with Gasteiger partial charge in [-0.25, -0.2) is 8.42 Å². The van der Waals surface area contributed by atoms with Crippen LogP contribution in [0, 0.1) is 6.92 Å². The highest BCUT2D eigenvalue weighted by atomic mass is 32.2. The fraction of sp³-hybridized carbons (Fsp3) is 0.278. The van der Waals surface area contributed by atoms with Crippen LogP contribution in [0.2, 0.25) is 0 Å². The molecule has 0 bridgehead atoms. The molecule has 2 aromatic carbocycles. The Labute approximate surface area is 152 Å². The van der Waals surface area contributed by atoms with E-state index < -0.39 is 22.2 Å². The zero-order valence-corrected chi connectivity index (χ0v) is 15.1. The van der Waals surface area contributed by atoms with E-state index in [4.69, 9.17) is 0 Å². The average Bonchev–Trinajstić information content (AvgIpc) is 3.03. The van der Waals surface area contributed by atoms with E-state index in [9.17, 15) is 18.3 Å². The Morgan fingerprint density at radius 2 is 1.88 bits per heavy atom. The van der Waals surface area contributed by atoms with Gasteiger partial charge in [0.2, 0.25) is 5.91 Å². The normalized spacial score (nSPS) is 19.9. The van der Waals surface area contributed by atoms with Gasteiger partial charge >= 0.3 is 0 Å². The lowest BCUT2D eigenvalue weighted by Gasteiger charge is -2.14. The van der Waals surface area contributed by atoms with Gasteiger partial charge in [-0.2, -0.15) is 0 Å². The Hall–Kier alpha value is -2.42. The molecule has 1 amide bonds. The largest absolute Gasteiger partial charge is 0.392 e. The summed E-state index contributed by atoms with van der Waals surface area (Å²) in [6.07, 6.45) is -0.215. The number of carbonyl (C=O) groups is 1. The Balaban J connectivity index is 1.80. The summed E-state index contributed by atoms with van der Waals surface area (Å²) in [5.74, 6) is -0.301. The molecule has 0 aliphatic carbocycles. The van der Waals surface area contributed by atoms with E-state index in [2.05, 4.69) is 15.4 Å². The number of benzene rings is 2. The number of aryl methyl sites for hydroxylation is 1. The van der Waals surface area contributed by atoms with Crippen molar-refractivity contribution < 1.29 is 18.3 Å². The summed E-state index contributed by atoms with van der Waals surface area (Å²) in [7, 11) is -3.79. The van der Waals surface area contributed by atoms with Crippen molar-refractivity contribution in [1.29, 1.82) is 0 Å². The number of sulfonamides is 1. The SMILES string of the molecule is Cc1ccc(NC(=O)C2CC(O)CN2)cc1S(=O)(=O)Nc1ccccc1. The molecule has 2 aromatic rings. The second-order valence-electron chi connectivity index (χ2n) is 6.29. The predicted molar refractivity (Wildman–Crippen MR) is 99.5 cm³/mol. The lowest BCUT2D eigenvalue weighted by atomic mass is 10.2. The quantitative estimate of drug-likeness (QED) is 0.633. The minimum absolute atomic E-state index is 0.0959. The lowest BCUT2D eigenvalue weighted by molar-refractivity contribution is -0.117. The Kier molecular flexibility index (Phi) is 5.26. The maximum absolute atomic E-state index is 12.7. The molecule has 1 heterocycles. The molecular formula is C18H21N3O4S. The lowest BCUT2D eigenvalue weighted by Crippen LogP contribution is -2.35. The molecule has 2 unspecified atom stereocenters. The number of β-amino-alcohol motifs (C(OH)–C–C–N with tert-alkyl or cyclic N) is 1. The van der Waals surface area contributed by atoms with Gasteiger partial charge in [0, 0.05) is 17.9 Å². The third kappa shape index (κ3) is 4.21. The molecular weight excluding hydrogens is 354 g/mol. The van der Waals surface area contributed by atoms with Crippen LogP contribution in [-0.4, -0.2) is 38.1 Å². The van der Waals surface area contributed by atoms with Crippen LogP contribution in [-0.2, 0) is 14.8 Å². The first-order valence-electron chi connectivity index (χ1n) is 8.26. The molecule has 1 saturated heterocycles. The van der Waals surface area contributed by atoms with Gasteiger partial charge < -0.3 is 15.7 Å². The number of para-hydroxylation sites is 1. The van der Waals surface area contributed by atoms with Crippen molar-refractivity contribution >= 4 is 27.3 Å². The predicted octanol–water partition coefficient (Wildman–Crippen LogP) is 1.46. The van der Waals surface area contributed by atoms with Gasteiger partial charge in [0.05, 0.1) is 17.0 Å². The first-order chi connectivity index (χ1) is 12.3. The van der Waals surface area contributed by atoms with Crippen molar-refractivity contribution in [2.75, 3.05) is 16.6 Å². The molecule has 3 rings (SSSR count). The highest BCUT2D eigenvalue weighted by Crippen LogP contribution is 2.23. The monoisotopic (exact) mass is 375 g/mol. The van der Waals surface area contributed by atoms with Gasteiger partial charge in [0.25, 0.3) is 10.0 Å². The maximum Gasteiger partial charge on any atom is 0.262 e. The number of anilines is 2. The Morgan fingerprint density at radius 1 is 1.15 bits per heavy atom. The third-order valence-electron chi connectivity index (χ3n) is 4.20. The van der Waals surface area contributed by atoms with E-state index >= 15 is 0 Å².